The number of hydrogen-bond acceptors (Lipinski definition) is 3. The fourth-order valence-electron chi connectivity index (χ4n) is 2.78. The Morgan fingerprint density at radius 3 is 3.00 bits per heavy atom. The van der Waals surface area contributed by atoms with Crippen LogP contribution in [0.5, 0.6) is 0 Å². The molecule has 0 aromatic heterocycles. The second kappa shape index (κ2) is 6.86. The molecule has 0 aliphatic carbocycles. The van der Waals surface area contributed by atoms with Gasteiger partial charge in [-0.25, -0.2) is 0 Å². The van der Waals surface area contributed by atoms with Gasteiger partial charge in [0.15, 0.2) is 0 Å². The molecule has 0 spiro atoms. The summed E-state index contributed by atoms with van der Waals surface area (Å²) in [6, 6.07) is 7.68. The molecule has 2 atom stereocenters. The van der Waals surface area contributed by atoms with Crippen LogP contribution in [0, 0.1) is 5.92 Å². The molecule has 1 heterocycles. The van der Waals surface area contributed by atoms with E-state index in [2.05, 4.69) is 13.0 Å². The summed E-state index contributed by atoms with van der Waals surface area (Å²) in [5, 5.41) is 0. The Bertz CT molecular complexity index is 462. The average molecular weight is 276 g/mol. The number of methoxy groups -OCH3 is 1. The van der Waals surface area contributed by atoms with Crippen LogP contribution < -0.4 is 10.6 Å². The van der Waals surface area contributed by atoms with Crippen molar-refractivity contribution in [2.24, 2.45) is 11.7 Å². The minimum atomic E-state index is -0.441. The summed E-state index contributed by atoms with van der Waals surface area (Å²) in [7, 11) is 1.66. The molecule has 110 valence electrons. The van der Waals surface area contributed by atoms with Gasteiger partial charge in [0.2, 0.25) is 5.91 Å². The van der Waals surface area contributed by atoms with E-state index in [1.54, 1.807) is 7.11 Å². The van der Waals surface area contributed by atoms with Crippen LogP contribution in [0.4, 0.5) is 5.69 Å². The topological polar surface area (TPSA) is 55.6 Å². The quantitative estimate of drug-likeness (QED) is 0.837. The van der Waals surface area contributed by atoms with Crippen LogP contribution in [0.15, 0.2) is 24.3 Å². The number of nitrogens with two attached hydrogens (primary N) is 1. The van der Waals surface area contributed by atoms with Crippen molar-refractivity contribution >= 4 is 11.6 Å². The first kappa shape index (κ1) is 15.0. The van der Waals surface area contributed by atoms with E-state index in [9.17, 15) is 4.79 Å². The van der Waals surface area contributed by atoms with E-state index >= 15 is 0 Å². The Kier molecular flexibility index (Phi) is 5.15. The molecule has 0 saturated heterocycles. The fraction of sp³-hybridized carbons (Fsp3) is 0.562. The SMILES string of the molecule is COCCCC(N)C(=O)N1CC(C)Cc2ccccc21. The van der Waals surface area contributed by atoms with Crippen molar-refractivity contribution in [1.29, 1.82) is 0 Å². The highest BCUT2D eigenvalue weighted by molar-refractivity contribution is 5.98. The summed E-state index contributed by atoms with van der Waals surface area (Å²) in [4.78, 5) is 14.4. The van der Waals surface area contributed by atoms with E-state index in [-0.39, 0.29) is 5.91 Å². The van der Waals surface area contributed by atoms with E-state index < -0.39 is 6.04 Å². The molecule has 20 heavy (non-hydrogen) atoms. The maximum absolute atomic E-state index is 12.6. The Hall–Kier alpha value is -1.39. The normalized spacial score (nSPS) is 19.6. The van der Waals surface area contributed by atoms with Gasteiger partial charge in [-0.05, 0) is 36.8 Å². The van der Waals surface area contributed by atoms with E-state index in [4.69, 9.17) is 10.5 Å². The monoisotopic (exact) mass is 276 g/mol. The van der Waals surface area contributed by atoms with Crippen LogP contribution in [-0.4, -0.2) is 32.2 Å². The summed E-state index contributed by atoms with van der Waals surface area (Å²) >= 11 is 0. The third-order valence-electron chi connectivity index (χ3n) is 3.79. The summed E-state index contributed by atoms with van der Waals surface area (Å²) in [5.41, 5.74) is 8.31. The van der Waals surface area contributed by atoms with Gasteiger partial charge < -0.3 is 15.4 Å². The molecule has 1 aromatic carbocycles. The molecule has 0 radical (unpaired) electrons. The first-order valence-corrected chi connectivity index (χ1v) is 7.27. The molecular formula is C16H24N2O2. The second-order valence-corrected chi connectivity index (χ2v) is 5.63. The van der Waals surface area contributed by atoms with Gasteiger partial charge in [0, 0.05) is 25.9 Å². The summed E-state index contributed by atoms with van der Waals surface area (Å²) in [5.74, 6) is 0.500. The van der Waals surface area contributed by atoms with Crippen molar-refractivity contribution < 1.29 is 9.53 Å². The molecule has 1 aromatic rings. The Morgan fingerprint density at radius 2 is 2.25 bits per heavy atom. The Balaban J connectivity index is 2.09. The first-order valence-electron chi connectivity index (χ1n) is 7.27. The minimum absolute atomic E-state index is 0.0279. The number of carbonyl (C=O) groups is 1. The van der Waals surface area contributed by atoms with Crippen LogP contribution in [0.1, 0.15) is 25.3 Å². The van der Waals surface area contributed by atoms with Gasteiger partial charge in [-0.2, -0.15) is 0 Å². The smallest absolute Gasteiger partial charge is 0.243 e. The molecular weight excluding hydrogens is 252 g/mol. The van der Waals surface area contributed by atoms with Crippen LogP contribution in [0.25, 0.3) is 0 Å². The summed E-state index contributed by atoms with van der Waals surface area (Å²) in [6.07, 6.45) is 2.51. The van der Waals surface area contributed by atoms with Crippen LogP contribution in [0.2, 0.25) is 0 Å². The molecule has 1 aliphatic rings. The van der Waals surface area contributed by atoms with Crippen molar-refractivity contribution in [2.45, 2.75) is 32.2 Å². The second-order valence-electron chi connectivity index (χ2n) is 5.63. The number of fused-ring (bicyclic) bond motifs is 1. The van der Waals surface area contributed by atoms with Crippen LogP contribution in [-0.2, 0) is 16.0 Å². The lowest BCUT2D eigenvalue weighted by Crippen LogP contribution is -2.47. The number of carbonyl (C=O) groups excluding carboxylic acids is 1. The largest absolute Gasteiger partial charge is 0.385 e. The maximum Gasteiger partial charge on any atom is 0.243 e. The van der Waals surface area contributed by atoms with Gasteiger partial charge in [0.25, 0.3) is 0 Å². The lowest BCUT2D eigenvalue weighted by Gasteiger charge is -2.34. The van der Waals surface area contributed by atoms with Gasteiger partial charge in [-0.3, -0.25) is 4.79 Å². The van der Waals surface area contributed by atoms with Crippen molar-refractivity contribution in [3.05, 3.63) is 29.8 Å². The average Bonchev–Trinajstić information content (AvgIpc) is 2.45. The summed E-state index contributed by atoms with van der Waals surface area (Å²) in [6.45, 7) is 3.58. The van der Waals surface area contributed by atoms with E-state index in [1.807, 2.05) is 23.1 Å². The number of rotatable bonds is 5. The van der Waals surface area contributed by atoms with E-state index in [1.165, 1.54) is 5.56 Å². The summed E-state index contributed by atoms with van der Waals surface area (Å²) < 4.78 is 5.01. The standard InChI is InChI=1S/C16H24N2O2/c1-12-10-13-6-3-4-8-15(13)18(11-12)16(19)14(17)7-5-9-20-2/h3-4,6,8,12,14H,5,7,9-11,17H2,1-2H3. The Morgan fingerprint density at radius 1 is 1.50 bits per heavy atom. The molecule has 2 rings (SSSR count). The number of para-hydroxylation sites is 1. The van der Waals surface area contributed by atoms with E-state index in [0.717, 1.165) is 25.1 Å². The number of benzene rings is 1. The molecule has 4 heteroatoms. The lowest BCUT2D eigenvalue weighted by atomic mass is 9.93. The van der Waals surface area contributed by atoms with E-state index in [0.29, 0.717) is 18.9 Å². The number of nitrogens with zero attached hydrogens (tertiary/aromatic N) is 1. The zero-order chi connectivity index (χ0) is 14.5. The molecule has 1 aliphatic heterocycles. The number of amides is 1. The molecule has 1 amide bonds. The third-order valence-corrected chi connectivity index (χ3v) is 3.79. The molecule has 2 N–H and O–H groups in total. The van der Waals surface area contributed by atoms with Crippen molar-refractivity contribution in [3.63, 3.8) is 0 Å². The predicted molar refractivity (Wildman–Crippen MR) is 80.7 cm³/mol. The lowest BCUT2D eigenvalue weighted by molar-refractivity contribution is -0.120. The first-order chi connectivity index (χ1) is 9.63. The number of anilines is 1. The van der Waals surface area contributed by atoms with Gasteiger partial charge in [-0.1, -0.05) is 25.1 Å². The fourth-order valence-corrected chi connectivity index (χ4v) is 2.78. The highest BCUT2D eigenvalue weighted by atomic mass is 16.5. The molecule has 0 fully saturated rings. The zero-order valence-electron chi connectivity index (χ0n) is 12.3. The van der Waals surface area contributed by atoms with Crippen LogP contribution >= 0.6 is 0 Å². The van der Waals surface area contributed by atoms with Crippen molar-refractivity contribution in [1.82, 2.24) is 0 Å². The molecule has 0 bridgehead atoms. The number of hydrogen-bond donors (Lipinski definition) is 1. The molecule has 4 nitrogen and oxygen atoms in total. The minimum Gasteiger partial charge on any atom is -0.385 e. The van der Waals surface area contributed by atoms with Crippen molar-refractivity contribution in [3.8, 4) is 0 Å². The number of ether oxygens (including phenoxy) is 1. The zero-order valence-corrected chi connectivity index (χ0v) is 12.3. The van der Waals surface area contributed by atoms with Gasteiger partial charge in [0.1, 0.15) is 0 Å². The van der Waals surface area contributed by atoms with Gasteiger partial charge >= 0.3 is 0 Å². The highest BCUT2D eigenvalue weighted by Crippen LogP contribution is 2.29. The van der Waals surface area contributed by atoms with Gasteiger partial charge in [0.05, 0.1) is 6.04 Å². The Labute approximate surface area is 120 Å². The van der Waals surface area contributed by atoms with Crippen molar-refractivity contribution in [2.75, 3.05) is 25.2 Å². The molecule has 0 saturated carbocycles. The van der Waals surface area contributed by atoms with Crippen LogP contribution in [0.3, 0.4) is 0 Å². The third kappa shape index (κ3) is 3.38. The maximum atomic E-state index is 12.6. The highest BCUT2D eigenvalue weighted by Gasteiger charge is 2.28. The predicted octanol–water partition coefficient (Wildman–Crippen LogP) is 1.97. The van der Waals surface area contributed by atoms with Gasteiger partial charge in [-0.15, -0.1) is 0 Å². The molecule has 2 unspecified atom stereocenters.